The van der Waals surface area contributed by atoms with Gasteiger partial charge in [-0.25, -0.2) is 0 Å². The van der Waals surface area contributed by atoms with E-state index in [1.807, 2.05) is 6.07 Å². The van der Waals surface area contributed by atoms with Crippen molar-refractivity contribution in [2.45, 2.75) is 19.3 Å². The first-order valence-electron chi connectivity index (χ1n) is 8.88. The lowest BCUT2D eigenvalue weighted by Gasteiger charge is -2.37. The number of para-hydroxylation sites is 1. The molecule has 0 fully saturated rings. The van der Waals surface area contributed by atoms with Gasteiger partial charge in [0.2, 0.25) is 0 Å². The molecule has 8 heteroatoms. The summed E-state index contributed by atoms with van der Waals surface area (Å²) in [5.74, 6) is 0.468. The number of alkyl halides is 2. The summed E-state index contributed by atoms with van der Waals surface area (Å²) in [6, 6.07) is 15.3. The first kappa shape index (κ1) is 18.8. The van der Waals surface area contributed by atoms with Crippen LogP contribution in [-0.2, 0) is 6.54 Å². The highest BCUT2D eigenvalue weighted by Gasteiger charge is 2.34. The smallest absolute Gasteiger partial charge is 0.387 e. The van der Waals surface area contributed by atoms with Crippen LogP contribution in [0.5, 0.6) is 11.5 Å². The molecule has 29 heavy (non-hydrogen) atoms. The van der Waals surface area contributed by atoms with Crippen molar-refractivity contribution < 1.29 is 27.5 Å². The number of benzene rings is 2. The van der Waals surface area contributed by atoms with Gasteiger partial charge in [-0.15, -0.1) is 0 Å². The molecule has 1 N–H and O–H groups in total. The van der Waals surface area contributed by atoms with Gasteiger partial charge in [-0.1, -0.05) is 18.2 Å². The number of fused-ring (bicyclic) bond motifs is 1. The zero-order chi connectivity index (χ0) is 20.4. The number of nitrogens with one attached hydrogen (secondary N) is 1. The van der Waals surface area contributed by atoms with Gasteiger partial charge in [0.05, 0.1) is 25.5 Å². The van der Waals surface area contributed by atoms with Crippen LogP contribution in [0.3, 0.4) is 0 Å². The third-order valence-corrected chi connectivity index (χ3v) is 4.65. The third kappa shape index (κ3) is 3.73. The SMILES string of the molecule is COc1ccc(C2Nc3ccccc3C(=O)N2Cc2ccco2)cc1OC(F)F. The maximum atomic E-state index is 13.2. The van der Waals surface area contributed by atoms with E-state index in [0.717, 1.165) is 0 Å². The summed E-state index contributed by atoms with van der Waals surface area (Å²) in [6.07, 6.45) is 0.913. The van der Waals surface area contributed by atoms with E-state index < -0.39 is 12.8 Å². The summed E-state index contributed by atoms with van der Waals surface area (Å²) in [4.78, 5) is 14.8. The zero-order valence-electron chi connectivity index (χ0n) is 15.5. The average molecular weight is 400 g/mol. The molecule has 6 nitrogen and oxygen atoms in total. The summed E-state index contributed by atoms with van der Waals surface area (Å²) in [6.45, 7) is -2.80. The molecule has 1 aromatic heterocycles. The lowest BCUT2D eigenvalue weighted by molar-refractivity contribution is -0.0513. The number of carbonyl (C=O) groups excluding carboxylic acids is 1. The van der Waals surface area contributed by atoms with Crippen molar-refractivity contribution in [1.29, 1.82) is 0 Å². The van der Waals surface area contributed by atoms with Crippen LogP contribution >= 0.6 is 0 Å². The lowest BCUT2D eigenvalue weighted by Crippen LogP contribution is -2.42. The Labute approximate surface area is 165 Å². The van der Waals surface area contributed by atoms with E-state index in [4.69, 9.17) is 9.15 Å². The van der Waals surface area contributed by atoms with Crippen LogP contribution in [0.2, 0.25) is 0 Å². The van der Waals surface area contributed by atoms with Crippen LogP contribution in [0.15, 0.2) is 65.3 Å². The Morgan fingerprint density at radius 2 is 1.97 bits per heavy atom. The second-order valence-corrected chi connectivity index (χ2v) is 6.39. The minimum Gasteiger partial charge on any atom is -0.493 e. The second-order valence-electron chi connectivity index (χ2n) is 6.39. The van der Waals surface area contributed by atoms with E-state index in [1.165, 1.54) is 25.5 Å². The number of ether oxygens (including phenoxy) is 2. The number of hydrogen-bond acceptors (Lipinski definition) is 5. The van der Waals surface area contributed by atoms with Crippen molar-refractivity contribution in [2.75, 3.05) is 12.4 Å². The van der Waals surface area contributed by atoms with Crippen molar-refractivity contribution in [2.24, 2.45) is 0 Å². The Hall–Kier alpha value is -3.55. The van der Waals surface area contributed by atoms with Crippen LogP contribution in [-0.4, -0.2) is 24.5 Å². The van der Waals surface area contributed by atoms with E-state index in [9.17, 15) is 13.6 Å². The highest BCUT2D eigenvalue weighted by Crippen LogP contribution is 2.38. The largest absolute Gasteiger partial charge is 0.493 e. The summed E-state index contributed by atoms with van der Waals surface area (Å²) in [5.41, 5.74) is 1.74. The topological polar surface area (TPSA) is 63.9 Å². The molecule has 2 heterocycles. The predicted molar refractivity (Wildman–Crippen MR) is 101 cm³/mol. The molecule has 0 saturated heterocycles. The Morgan fingerprint density at radius 1 is 1.14 bits per heavy atom. The quantitative estimate of drug-likeness (QED) is 0.652. The molecule has 1 aliphatic rings. The maximum absolute atomic E-state index is 13.2. The van der Waals surface area contributed by atoms with Gasteiger partial charge < -0.3 is 24.1 Å². The number of methoxy groups -OCH3 is 1. The molecule has 0 bridgehead atoms. The second kappa shape index (κ2) is 7.83. The molecule has 1 amide bonds. The molecule has 0 spiro atoms. The third-order valence-electron chi connectivity index (χ3n) is 4.65. The maximum Gasteiger partial charge on any atom is 0.387 e. The highest BCUT2D eigenvalue weighted by atomic mass is 19.3. The molecule has 1 atom stereocenters. The normalized spacial score (nSPS) is 15.8. The monoisotopic (exact) mass is 400 g/mol. The summed E-state index contributed by atoms with van der Waals surface area (Å²) < 4.78 is 40.8. The van der Waals surface area contributed by atoms with Crippen molar-refractivity contribution in [3.05, 3.63) is 77.7 Å². The lowest BCUT2D eigenvalue weighted by atomic mass is 10.0. The van der Waals surface area contributed by atoms with Gasteiger partial charge in [0.1, 0.15) is 11.9 Å². The van der Waals surface area contributed by atoms with Gasteiger partial charge in [0.15, 0.2) is 11.5 Å². The standard InChI is InChI=1S/C21H18F2N2O4/c1-27-17-9-8-13(11-18(17)29-21(22)23)19-24-16-7-3-2-6-15(16)20(26)25(19)12-14-5-4-10-28-14/h2-11,19,21,24H,12H2,1H3. The number of rotatable bonds is 6. The number of anilines is 1. The summed E-state index contributed by atoms with van der Waals surface area (Å²) in [7, 11) is 1.37. The van der Waals surface area contributed by atoms with Crippen LogP contribution < -0.4 is 14.8 Å². The Morgan fingerprint density at radius 3 is 2.69 bits per heavy atom. The van der Waals surface area contributed by atoms with Gasteiger partial charge in [0.25, 0.3) is 5.91 Å². The Kier molecular flexibility index (Phi) is 5.07. The minimum atomic E-state index is -3.00. The summed E-state index contributed by atoms with van der Waals surface area (Å²) >= 11 is 0. The fourth-order valence-electron chi connectivity index (χ4n) is 3.34. The van der Waals surface area contributed by atoms with Gasteiger partial charge in [-0.3, -0.25) is 4.79 Å². The van der Waals surface area contributed by atoms with Crippen LogP contribution in [0, 0.1) is 0 Å². The van der Waals surface area contributed by atoms with E-state index in [0.29, 0.717) is 22.6 Å². The van der Waals surface area contributed by atoms with Gasteiger partial charge in [-0.05, 0) is 42.0 Å². The van der Waals surface area contributed by atoms with E-state index in [2.05, 4.69) is 10.1 Å². The molecule has 150 valence electrons. The van der Waals surface area contributed by atoms with E-state index in [-0.39, 0.29) is 24.0 Å². The molecular formula is C21H18F2N2O4. The van der Waals surface area contributed by atoms with Crippen LogP contribution in [0.1, 0.15) is 27.8 Å². The molecule has 2 aromatic carbocycles. The number of halogens is 2. The van der Waals surface area contributed by atoms with Crippen molar-refractivity contribution in [3.63, 3.8) is 0 Å². The highest BCUT2D eigenvalue weighted by molar-refractivity contribution is 6.01. The molecule has 0 saturated carbocycles. The number of hydrogen-bond donors (Lipinski definition) is 1. The predicted octanol–water partition coefficient (Wildman–Crippen LogP) is 4.66. The van der Waals surface area contributed by atoms with Gasteiger partial charge >= 0.3 is 6.61 Å². The van der Waals surface area contributed by atoms with Crippen LogP contribution in [0.4, 0.5) is 14.5 Å². The first-order valence-corrected chi connectivity index (χ1v) is 8.88. The van der Waals surface area contributed by atoms with Crippen molar-refractivity contribution in [1.82, 2.24) is 4.90 Å². The molecule has 1 unspecified atom stereocenters. The van der Waals surface area contributed by atoms with Gasteiger partial charge in [0, 0.05) is 5.69 Å². The molecule has 0 radical (unpaired) electrons. The first-order chi connectivity index (χ1) is 14.1. The Bertz CT molecular complexity index is 1010. The fourth-order valence-corrected chi connectivity index (χ4v) is 3.34. The zero-order valence-corrected chi connectivity index (χ0v) is 15.5. The molecule has 0 aliphatic carbocycles. The number of furan rings is 1. The number of carbonyl (C=O) groups is 1. The molecule has 3 aromatic rings. The average Bonchev–Trinajstić information content (AvgIpc) is 3.23. The summed E-state index contributed by atoms with van der Waals surface area (Å²) in [5, 5.41) is 3.30. The molecular weight excluding hydrogens is 382 g/mol. The minimum absolute atomic E-state index is 0.106. The molecule has 4 rings (SSSR count). The van der Waals surface area contributed by atoms with Gasteiger partial charge in [-0.2, -0.15) is 8.78 Å². The van der Waals surface area contributed by atoms with Crippen molar-refractivity contribution in [3.8, 4) is 11.5 Å². The van der Waals surface area contributed by atoms with E-state index >= 15 is 0 Å². The van der Waals surface area contributed by atoms with Crippen molar-refractivity contribution >= 4 is 11.6 Å². The number of nitrogens with zero attached hydrogens (tertiary/aromatic N) is 1. The fraction of sp³-hybridized carbons (Fsp3) is 0.190. The Balaban J connectivity index is 1.76. The van der Waals surface area contributed by atoms with E-state index in [1.54, 1.807) is 41.3 Å². The number of amides is 1. The van der Waals surface area contributed by atoms with Crippen LogP contribution in [0.25, 0.3) is 0 Å². The molecule has 1 aliphatic heterocycles.